The number of rotatable bonds is 5. The van der Waals surface area contributed by atoms with Crippen molar-refractivity contribution in [1.29, 1.82) is 0 Å². The monoisotopic (exact) mass is 434 g/mol. The molecule has 1 N–H and O–H groups in total. The maximum absolute atomic E-state index is 5.84. The maximum Gasteiger partial charge on any atom is 0.129 e. The van der Waals surface area contributed by atoms with Crippen molar-refractivity contribution < 1.29 is 14.2 Å². The van der Waals surface area contributed by atoms with Crippen molar-refractivity contribution in [2.75, 3.05) is 69.5 Å². The summed E-state index contributed by atoms with van der Waals surface area (Å²) >= 11 is 0. The molecule has 3 aromatic rings. The van der Waals surface area contributed by atoms with Gasteiger partial charge in [-0.05, 0) is 42.8 Å². The molecule has 0 atom stereocenters. The number of benzene rings is 2. The summed E-state index contributed by atoms with van der Waals surface area (Å²) in [5.74, 6) is 0.820. The van der Waals surface area contributed by atoms with Gasteiger partial charge in [0, 0.05) is 48.8 Å². The van der Waals surface area contributed by atoms with Crippen LogP contribution in [0, 0.1) is 6.92 Å². The standard InChI is InChI=1S/C25H30N4O3/c1-18-16-21(27-26-18)25-23(30-2)7-6-22(29-10-14-32-15-11-29)24(25)19-4-3-5-20(17-19)28-8-12-31-13-9-28/h3-7,16-17H,8-15H2,1-2H3,(H,26,27). The highest BCUT2D eigenvalue weighted by Gasteiger charge is 2.24. The number of aromatic amines is 1. The highest BCUT2D eigenvalue weighted by Crippen LogP contribution is 2.45. The number of ether oxygens (including phenoxy) is 3. The van der Waals surface area contributed by atoms with Gasteiger partial charge < -0.3 is 24.0 Å². The zero-order valence-corrected chi connectivity index (χ0v) is 18.8. The zero-order chi connectivity index (χ0) is 21.9. The molecule has 2 aliphatic heterocycles. The summed E-state index contributed by atoms with van der Waals surface area (Å²) in [5.41, 5.74) is 7.63. The molecule has 2 aliphatic rings. The molecule has 0 amide bonds. The number of anilines is 2. The maximum atomic E-state index is 5.84. The minimum Gasteiger partial charge on any atom is -0.496 e. The van der Waals surface area contributed by atoms with Gasteiger partial charge in [-0.2, -0.15) is 5.10 Å². The molecule has 0 aliphatic carbocycles. The van der Waals surface area contributed by atoms with Crippen molar-refractivity contribution in [1.82, 2.24) is 10.2 Å². The van der Waals surface area contributed by atoms with Crippen LogP contribution in [0.25, 0.3) is 22.4 Å². The second-order valence-electron chi connectivity index (χ2n) is 8.22. The Balaban J connectivity index is 1.69. The second-order valence-corrected chi connectivity index (χ2v) is 8.22. The molecular weight excluding hydrogens is 404 g/mol. The molecule has 7 nitrogen and oxygen atoms in total. The Morgan fingerprint density at radius 1 is 0.875 bits per heavy atom. The molecule has 0 radical (unpaired) electrons. The molecule has 0 bridgehead atoms. The van der Waals surface area contributed by atoms with E-state index in [9.17, 15) is 0 Å². The van der Waals surface area contributed by atoms with Crippen LogP contribution in [0.5, 0.6) is 5.75 Å². The fourth-order valence-corrected chi connectivity index (χ4v) is 4.58. The average molecular weight is 435 g/mol. The third kappa shape index (κ3) is 4.06. The van der Waals surface area contributed by atoms with E-state index in [0.717, 1.165) is 86.4 Å². The summed E-state index contributed by atoms with van der Waals surface area (Å²) in [5, 5.41) is 7.70. The lowest BCUT2D eigenvalue weighted by Crippen LogP contribution is -2.36. The normalized spacial score (nSPS) is 16.9. The Morgan fingerprint density at radius 2 is 1.59 bits per heavy atom. The molecule has 1 aromatic heterocycles. The second kappa shape index (κ2) is 9.22. The first-order valence-corrected chi connectivity index (χ1v) is 11.2. The van der Waals surface area contributed by atoms with Gasteiger partial charge in [0.05, 0.1) is 44.8 Å². The molecule has 0 unspecified atom stereocenters. The van der Waals surface area contributed by atoms with E-state index < -0.39 is 0 Å². The van der Waals surface area contributed by atoms with Gasteiger partial charge in [-0.25, -0.2) is 0 Å². The Labute approximate surface area is 188 Å². The van der Waals surface area contributed by atoms with Crippen LogP contribution >= 0.6 is 0 Å². The first-order valence-electron chi connectivity index (χ1n) is 11.2. The summed E-state index contributed by atoms with van der Waals surface area (Å²) in [7, 11) is 1.72. The van der Waals surface area contributed by atoms with E-state index in [0.29, 0.717) is 0 Å². The van der Waals surface area contributed by atoms with Crippen LogP contribution in [0.15, 0.2) is 42.5 Å². The zero-order valence-electron chi connectivity index (χ0n) is 18.8. The van der Waals surface area contributed by atoms with Crippen molar-refractivity contribution in [2.45, 2.75) is 6.92 Å². The summed E-state index contributed by atoms with van der Waals surface area (Å²) < 4.78 is 17.0. The van der Waals surface area contributed by atoms with Crippen LogP contribution in [0.4, 0.5) is 11.4 Å². The van der Waals surface area contributed by atoms with Crippen molar-refractivity contribution in [2.24, 2.45) is 0 Å². The SMILES string of the molecule is COc1ccc(N2CCOCC2)c(-c2cccc(N3CCOCC3)c2)c1-c1cc(C)[nH]n1. The third-order valence-electron chi connectivity index (χ3n) is 6.19. The minimum absolute atomic E-state index is 0.732. The Kier molecular flexibility index (Phi) is 6.01. The van der Waals surface area contributed by atoms with Gasteiger partial charge in [0.15, 0.2) is 0 Å². The van der Waals surface area contributed by atoms with Crippen molar-refractivity contribution in [3.8, 4) is 28.1 Å². The van der Waals surface area contributed by atoms with E-state index in [2.05, 4.69) is 62.5 Å². The lowest BCUT2D eigenvalue weighted by atomic mass is 9.93. The molecule has 5 rings (SSSR count). The molecule has 2 aromatic carbocycles. The number of hydrogen-bond acceptors (Lipinski definition) is 6. The number of H-pyrrole nitrogens is 1. The summed E-state index contributed by atoms with van der Waals surface area (Å²) in [6.07, 6.45) is 0. The molecule has 7 heteroatoms. The van der Waals surface area contributed by atoms with E-state index in [1.54, 1.807) is 7.11 Å². The first kappa shape index (κ1) is 20.8. The molecule has 3 heterocycles. The van der Waals surface area contributed by atoms with E-state index in [1.165, 1.54) is 11.4 Å². The van der Waals surface area contributed by atoms with Crippen LogP contribution in [0.1, 0.15) is 5.69 Å². The molecular formula is C25H30N4O3. The lowest BCUT2D eigenvalue weighted by molar-refractivity contribution is 0.122. The van der Waals surface area contributed by atoms with Crippen LogP contribution < -0.4 is 14.5 Å². The van der Waals surface area contributed by atoms with E-state index in [-0.39, 0.29) is 0 Å². The number of hydrogen-bond donors (Lipinski definition) is 1. The Morgan fingerprint density at radius 3 is 2.25 bits per heavy atom. The molecule has 168 valence electrons. The number of aryl methyl sites for hydroxylation is 1. The smallest absolute Gasteiger partial charge is 0.129 e. The molecule has 2 saturated heterocycles. The molecule has 32 heavy (non-hydrogen) atoms. The number of methoxy groups -OCH3 is 1. The van der Waals surface area contributed by atoms with E-state index in [4.69, 9.17) is 14.2 Å². The predicted octanol–water partition coefficient (Wildman–Crippen LogP) is 3.73. The van der Waals surface area contributed by atoms with Crippen LogP contribution in [-0.4, -0.2) is 69.9 Å². The van der Waals surface area contributed by atoms with Gasteiger partial charge in [0.1, 0.15) is 5.75 Å². The van der Waals surface area contributed by atoms with Gasteiger partial charge in [-0.1, -0.05) is 12.1 Å². The summed E-state index contributed by atoms with van der Waals surface area (Å²) in [4.78, 5) is 4.79. The molecule has 2 fully saturated rings. The largest absolute Gasteiger partial charge is 0.496 e. The van der Waals surface area contributed by atoms with Gasteiger partial charge in [0.25, 0.3) is 0 Å². The van der Waals surface area contributed by atoms with Crippen LogP contribution in [-0.2, 0) is 9.47 Å². The highest BCUT2D eigenvalue weighted by molar-refractivity contribution is 5.95. The molecule has 0 spiro atoms. The highest BCUT2D eigenvalue weighted by atomic mass is 16.5. The quantitative estimate of drug-likeness (QED) is 0.660. The molecule has 0 saturated carbocycles. The fourth-order valence-electron chi connectivity index (χ4n) is 4.58. The third-order valence-corrected chi connectivity index (χ3v) is 6.19. The number of aromatic nitrogens is 2. The van der Waals surface area contributed by atoms with Crippen LogP contribution in [0.3, 0.4) is 0 Å². The number of morpholine rings is 2. The van der Waals surface area contributed by atoms with E-state index in [1.807, 2.05) is 6.92 Å². The fraction of sp³-hybridized carbons (Fsp3) is 0.400. The lowest BCUT2D eigenvalue weighted by Gasteiger charge is -2.32. The number of nitrogens with zero attached hydrogens (tertiary/aromatic N) is 3. The predicted molar refractivity (Wildman–Crippen MR) is 127 cm³/mol. The first-order chi connectivity index (χ1) is 15.7. The van der Waals surface area contributed by atoms with E-state index >= 15 is 0 Å². The van der Waals surface area contributed by atoms with Gasteiger partial charge in [-0.3, -0.25) is 5.10 Å². The van der Waals surface area contributed by atoms with Gasteiger partial charge >= 0.3 is 0 Å². The van der Waals surface area contributed by atoms with Crippen molar-refractivity contribution in [3.05, 3.63) is 48.2 Å². The number of nitrogens with one attached hydrogen (secondary N) is 1. The minimum atomic E-state index is 0.732. The topological polar surface area (TPSA) is 62.9 Å². The summed E-state index contributed by atoms with van der Waals surface area (Å²) in [6.45, 7) is 8.55. The average Bonchev–Trinajstić information content (AvgIpc) is 3.30. The van der Waals surface area contributed by atoms with Crippen molar-refractivity contribution in [3.63, 3.8) is 0 Å². The van der Waals surface area contributed by atoms with Crippen molar-refractivity contribution >= 4 is 11.4 Å². The Hall–Kier alpha value is -3.03. The van der Waals surface area contributed by atoms with Gasteiger partial charge in [-0.15, -0.1) is 0 Å². The summed E-state index contributed by atoms with van der Waals surface area (Å²) in [6, 6.07) is 15.1. The Bertz CT molecular complexity index is 1070. The van der Waals surface area contributed by atoms with Crippen LogP contribution in [0.2, 0.25) is 0 Å². The van der Waals surface area contributed by atoms with Gasteiger partial charge in [0.2, 0.25) is 0 Å².